The molecule has 0 unspecified atom stereocenters. The average molecular weight is 200 g/mol. The lowest BCUT2D eigenvalue weighted by atomic mass is 10.1. The molecule has 0 atom stereocenters. The highest BCUT2D eigenvalue weighted by molar-refractivity contribution is 5.79. The van der Waals surface area contributed by atoms with Crippen LogP contribution in [0.5, 0.6) is 0 Å². The van der Waals surface area contributed by atoms with Gasteiger partial charge in [0.05, 0.1) is 12.1 Å². The third-order valence-electron chi connectivity index (χ3n) is 2.29. The summed E-state index contributed by atoms with van der Waals surface area (Å²) < 4.78 is 5.57. The van der Waals surface area contributed by atoms with Crippen molar-refractivity contribution in [2.24, 2.45) is 0 Å². The van der Waals surface area contributed by atoms with Gasteiger partial charge in [-0.2, -0.15) is 0 Å². The highest BCUT2D eigenvalue weighted by Gasteiger charge is 2.26. The van der Waals surface area contributed by atoms with Crippen LogP contribution in [-0.2, 0) is 9.53 Å². The van der Waals surface area contributed by atoms with E-state index in [1.54, 1.807) is 0 Å². The van der Waals surface area contributed by atoms with E-state index in [9.17, 15) is 4.79 Å². The van der Waals surface area contributed by atoms with E-state index in [4.69, 9.17) is 4.74 Å². The lowest BCUT2D eigenvalue weighted by molar-refractivity contribution is -0.136. The molecule has 4 nitrogen and oxygen atoms in total. The zero-order chi connectivity index (χ0) is 10.6. The molecule has 1 N–H and O–H groups in total. The van der Waals surface area contributed by atoms with Gasteiger partial charge >= 0.3 is 0 Å². The summed E-state index contributed by atoms with van der Waals surface area (Å²) in [6.45, 7) is 9.51. The summed E-state index contributed by atoms with van der Waals surface area (Å²) >= 11 is 0. The van der Waals surface area contributed by atoms with Crippen molar-refractivity contribution >= 4 is 5.91 Å². The second-order valence-corrected chi connectivity index (χ2v) is 4.18. The van der Waals surface area contributed by atoms with Crippen LogP contribution in [0.1, 0.15) is 20.8 Å². The van der Waals surface area contributed by atoms with Gasteiger partial charge in [0, 0.05) is 26.2 Å². The van der Waals surface area contributed by atoms with Crippen molar-refractivity contribution < 1.29 is 9.53 Å². The van der Waals surface area contributed by atoms with Crippen LogP contribution in [0.15, 0.2) is 0 Å². The van der Waals surface area contributed by atoms with Crippen LogP contribution in [-0.4, -0.2) is 49.2 Å². The molecule has 0 aromatic heterocycles. The van der Waals surface area contributed by atoms with Crippen molar-refractivity contribution in [3.05, 3.63) is 0 Å². The molecule has 0 spiro atoms. The third kappa shape index (κ3) is 3.27. The first-order valence-corrected chi connectivity index (χ1v) is 5.17. The van der Waals surface area contributed by atoms with Crippen LogP contribution in [0.4, 0.5) is 0 Å². The molecule has 1 fully saturated rings. The molecule has 4 heteroatoms. The molecule has 1 aliphatic heterocycles. The molecule has 1 rings (SSSR count). The first kappa shape index (κ1) is 11.5. The highest BCUT2D eigenvalue weighted by atomic mass is 16.5. The van der Waals surface area contributed by atoms with Gasteiger partial charge in [-0.1, -0.05) is 0 Å². The van der Waals surface area contributed by atoms with Gasteiger partial charge in [0.25, 0.3) is 0 Å². The SMILES string of the molecule is CCOC(C)(C)CN1CCNCC1=O. The Labute approximate surface area is 85.6 Å². The number of piperazine rings is 1. The summed E-state index contributed by atoms with van der Waals surface area (Å²) in [7, 11) is 0. The van der Waals surface area contributed by atoms with Gasteiger partial charge in [0.1, 0.15) is 0 Å². The van der Waals surface area contributed by atoms with E-state index >= 15 is 0 Å². The monoisotopic (exact) mass is 200 g/mol. The Balaban J connectivity index is 2.45. The van der Waals surface area contributed by atoms with Crippen molar-refractivity contribution in [2.75, 3.05) is 32.8 Å². The highest BCUT2D eigenvalue weighted by Crippen LogP contribution is 2.12. The maximum absolute atomic E-state index is 11.5. The summed E-state index contributed by atoms with van der Waals surface area (Å²) in [6, 6.07) is 0. The van der Waals surface area contributed by atoms with Crippen LogP contribution < -0.4 is 5.32 Å². The summed E-state index contributed by atoms with van der Waals surface area (Å²) in [6.07, 6.45) is 0. The molecule has 1 saturated heterocycles. The Morgan fingerprint density at radius 3 is 2.86 bits per heavy atom. The van der Waals surface area contributed by atoms with E-state index in [2.05, 4.69) is 5.32 Å². The number of hydrogen-bond acceptors (Lipinski definition) is 3. The molecular weight excluding hydrogens is 180 g/mol. The Morgan fingerprint density at radius 1 is 1.57 bits per heavy atom. The maximum atomic E-state index is 11.5. The first-order chi connectivity index (χ1) is 6.55. The van der Waals surface area contributed by atoms with Crippen LogP contribution in [0.25, 0.3) is 0 Å². The van der Waals surface area contributed by atoms with Crippen LogP contribution in [0, 0.1) is 0 Å². The smallest absolute Gasteiger partial charge is 0.236 e. The molecule has 0 radical (unpaired) electrons. The molecule has 0 bridgehead atoms. The van der Waals surface area contributed by atoms with Gasteiger partial charge in [-0.15, -0.1) is 0 Å². The minimum absolute atomic E-state index is 0.170. The fraction of sp³-hybridized carbons (Fsp3) is 0.900. The number of nitrogens with zero attached hydrogens (tertiary/aromatic N) is 1. The molecule has 0 aromatic rings. The Morgan fingerprint density at radius 2 is 2.29 bits per heavy atom. The largest absolute Gasteiger partial charge is 0.374 e. The summed E-state index contributed by atoms with van der Waals surface area (Å²) in [5, 5.41) is 3.05. The van der Waals surface area contributed by atoms with Gasteiger partial charge in [-0.05, 0) is 20.8 Å². The number of rotatable bonds is 4. The Kier molecular flexibility index (Phi) is 3.89. The van der Waals surface area contributed by atoms with Gasteiger partial charge in [-0.3, -0.25) is 4.79 Å². The van der Waals surface area contributed by atoms with E-state index in [0.717, 1.165) is 13.1 Å². The molecule has 0 saturated carbocycles. The number of carbonyl (C=O) groups excluding carboxylic acids is 1. The number of amides is 1. The second-order valence-electron chi connectivity index (χ2n) is 4.18. The zero-order valence-corrected chi connectivity index (χ0v) is 9.30. The fourth-order valence-electron chi connectivity index (χ4n) is 1.71. The van der Waals surface area contributed by atoms with Crippen molar-refractivity contribution in [1.29, 1.82) is 0 Å². The number of carbonyl (C=O) groups is 1. The van der Waals surface area contributed by atoms with E-state index < -0.39 is 0 Å². The molecule has 0 aliphatic carbocycles. The van der Waals surface area contributed by atoms with Gasteiger partial charge in [0.15, 0.2) is 0 Å². The predicted octanol–water partition coefficient (Wildman–Crippen LogP) is 0.233. The molecule has 1 aliphatic rings. The van der Waals surface area contributed by atoms with Crippen LogP contribution in [0.3, 0.4) is 0 Å². The van der Waals surface area contributed by atoms with Crippen LogP contribution in [0.2, 0.25) is 0 Å². The first-order valence-electron chi connectivity index (χ1n) is 5.17. The summed E-state index contributed by atoms with van der Waals surface area (Å²) in [4.78, 5) is 13.4. The van der Waals surface area contributed by atoms with Crippen molar-refractivity contribution in [2.45, 2.75) is 26.4 Å². The normalized spacial score (nSPS) is 18.8. The minimum atomic E-state index is -0.234. The molecule has 82 valence electrons. The van der Waals surface area contributed by atoms with Gasteiger partial charge in [-0.25, -0.2) is 0 Å². The molecule has 1 amide bonds. The topological polar surface area (TPSA) is 41.6 Å². The predicted molar refractivity (Wildman–Crippen MR) is 55.2 cm³/mol. The lowest BCUT2D eigenvalue weighted by Crippen LogP contribution is -2.52. The number of hydrogen-bond donors (Lipinski definition) is 1. The lowest BCUT2D eigenvalue weighted by Gasteiger charge is -2.34. The van der Waals surface area contributed by atoms with Gasteiger partial charge in [0.2, 0.25) is 5.91 Å². The fourth-order valence-corrected chi connectivity index (χ4v) is 1.71. The second kappa shape index (κ2) is 4.75. The van der Waals surface area contributed by atoms with E-state index in [1.165, 1.54) is 0 Å². The maximum Gasteiger partial charge on any atom is 0.236 e. The Bertz CT molecular complexity index is 204. The molecule has 14 heavy (non-hydrogen) atoms. The van der Waals surface area contributed by atoms with Crippen LogP contribution >= 0.6 is 0 Å². The van der Waals surface area contributed by atoms with Gasteiger partial charge < -0.3 is 15.0 Å². The van der Waals surface area contributed by atoms with E-state index in [0.29, 0.717) is 19.7 Å². The number of nitrogens with one attached hydrogen (secondary N) is 1. The molecule has 0 aromatic carbocycles. The molecular formula is C10H20N2O2. The van der Waals surface area contributed by atoms with Crippen molar-refractivity contribution in [3.8, 4) is 0 Å². The quantitative estimate of drug-likeness (QED) is 0.706. The summed E-state index contributed by atoms with van der Waals surface area (Å²) in [5.41, 5.74) is -0.234. The Hall–Kier alpha value is -0.610. The van der Waals surface area contributed by atoms with E-state index in [1.807, 2.05) is 25.7 Å². The zero-order valence-electron chi connectivity index (χ0n) is 9.30. The van der Waals surface area contributed by atoms with Crippen molar-refractivity contribution in [3.63, 3.8) is 0 Å². The minimum Gasteiger partial charge on any atom is -0.374 e. The third-order valence-corrected chi connectivity index (χ3v) is 2.29. The summed E-state index contributed by atoms with van der Waals surface area (Å²) in [5.74, 6) is 0.170. The standard InChI is InChI=1S/C10H20N2O2/c1-4-14-10(2,3)8-12-6-5-11-7-9(12)13/h11H,4-8H2,1-3H3. The molecule has 1 heterocycles. The number of ether oxygens (including phenoxy) is 1. The van der Waals surface area contributed by atoms with Crippen molar-refractivity contribution in [1.82, 2.24) is 10.2 Å². The average Bonchev–Trinajstić information content (AvgIpc) is 2.08. The van der Waals surface area contributed by atoms with E-state index in [-0.39, 0.29) is 11.5 Å².